The molecule has 0 radical (unpaired) electrons. The van der Waals surface area contributed by atoms with Crippen molar-refractivity contribution in [2.75, 3.05) is 0 Å². The largest absolute Gasteiger partial charge is 0.323 e. The normalized spacial score (nSPS) is 13.4. The Bertz CT molecular complexity index is 286. The fourth-order valence-electron chi connectivity index (χ4n) is 1.01. The molecule has 0 spiro atoms. The van der Waals surface area contributed by atoms with Crippen LogP contribution in [0.5, 0.6) is 0 Å². The molecule has 4 heteroatoms. The van der Waals surface area contributed by atoms with E-state index in [-0.39, 0.29) is 11.6 Å². The smallest absolute Gasteiger partial charge is 0.267 e. The molecule has 0 amide bonds. The van der Waals surface area contributed by atoms with E-state index in [0.717, 1.165) is 12.1 Å². The third-order valence-electron chi connectivity index (χ3n) is 1.87. The molecule has 1 unspecified atom stereocenters. The van der Waals surface area contributed by atoms with Crippen LogP contribution in [-0.2, 0) is 0 Å². The Morgan fingerprint density at radius 2 is 2.18 bits per heavy atom. The van der Waals surface area contributed by atoms with E-state index >= 15 is 0 Å². The van der Waals surface area contributed by atoms with Crippen molar-refractivity contribution in [3.05, 3.63) is 21.6 Å². The summed E-state index contributed by atoms with van der Waals surface area (Å²) in [7, 11) is 0. The van der Waals surface area contributed by atoms with Gasteiger partial charge in [0.15, 0.2) is 0 Å². The first kappa shape index (κ1) is 8.07. The molecule has 1 aromatic heterocycles. The highest BCUT2D eigenvalue weighted by Gasteiger charge is 2.10. The summed E-state index contributed by atoms with van der Waals surface area (Å²) in [5.41, 5.74) is 7.15. The molecule has 0 aromatic carbocycles. The molecule has 0 aliphatic rings. The van der Waals surface area contributed by atoms with Crippen LogP contribution in [0.2, 0.25) is 0 Å². The lowest BCUT2D eigenvalue weighted by Crippen LogP contribution is -2.11. The summed E-state index contributed by atoms with van der Waals surface area (Å²) in [6.07, 6.45) is 0.828. The van der Waals surface area contributed by atoms with Crippen molar-refractivity contribution < 1.29 is 0 Å². The van der Waals surface area contributed by atoms with Crippen LogP contribution < -0.4 is 11.3 Å². The first-order valence-corrected chi connectivity index (χ1v) is 3.69. The number of nitrogens with one attached hydrogen (secondary N) is 2. The summed E-state index contributed by atoms with van der Waals surface area (Å²) < 4.78 is 0. The Labute approximate surface area is 64.8 Å². The summed E-state index contributed by atoms with van der Waals surface area (Å²) in [5.74, 6) is 0. The van der Waals surface area contributed by atoms with Crippen molar-refractivity contribution >= 4 is 0 Å². The van der Waals surface area contributed by atoms with Crippen LogP contribution in [-0.4, -0.2) is 10.2 Å². The van der Waals surface area contributed by atoms with E-state index < -0.39 is 0 Å². The van der Waals surface area contributed by atoms with E-state index in [1.807, 2.05) is 6.92 Å². The molecule has 1 heterocycles. The van der Waals surface area contributed by atoms with Gasteiger partial charge in [-0.25, -0.2) is 0 Å². The molecule has 4 N–H and O–H groups in total. The SMILES string of the molecule is CCC(N)c1[nH][nH]c(=O)c1C. The lowest BCUT2D eigenvalue weighted by atomic mass is 10.1. The summed E-state index contributed by atoms with van der Waals surface area (Å²) in [6, 6.07) is -0.0612. The van der Waals surface area contributed by atoms with Gasteiger partial charge >= 0.3 is 0 Å². The Morgan fingerprint density at radius 1 is 1.55 bits per heavy atom. The van der Waals surface area contributed by atoms with E-state index in [0.29, 0.717) is 5.56 Å². The van der Waals surface area contributed by atoms with Crippen molar-refractivity contribution in [1.29, 1.82) is 0 Å². The quantitative estimate of drug-likeness (QED) is 0.579. The van der Waals surface area contributed by atoms with Crippen LogP contribution in [0.3, 0.4) is 0 Å². The first-order valence-electron chi connectivity index (χ1n) is 3.69. The maximum Gasteiger partial charge on any atom is 0.267 e. The third kappa shape index (κ3) is 1.35. The Kier molecular flexibility index (Phi) is 2.14. The zero-order valence-electron chi connectivity index (χ0n) is 6.77. The van der Waals surface area contributed by atoms with E-state index in [4.69, 9.17) is 5.73 Å². The number of aromatic nitrogens is 2. The zero-order chi connectivity index (χ0) is 8.43. The average Bonchev–Trinajstić information content (AvgIpc) is 2.32. The second-order valence-electron chi connectivity index (χ2n) is 2.63. The number of rotatable bonds is 2. The molecule has 0 fully saturated rings. The molecule has 1 aromatic rings. The number of nitrogens with two attached hydrogens (primary N) is 1. The maximum atomic E-state index is 10.9. The van der Waals surface area contributed by atoms with Gasteiger partial charge in [0, 0.05) is 11.6 Å². The minimum atomic E-state index is -0.0797. The second-order valence-corrected chi connectivity index (χ2v) is 2.63. The van der Waals surface area contributed by atoms with E-state index in [9.17, 15) is 4.79 Å². The number of aromatic amines is 2. The predicted molar refractivity (Wildman–Crippen MR) is 43.4 cm³/mol. The van der Waals surface area contributed by atoms with Gasteiger partial charge in [0.25, 0.3) is 5.56 Å². The van der Waals surface area contributed by atoms with Crippen LogP contribution in [0.4, 0.5) is 0 Å². The van der Waals surface area contributed by atoms with Gasteiger partial charge in [-0.2, -0.15) is 0 Å². The summed E-state index contributed by atoms with van der Waals surface area (Å²) >= 11 is 0. The number of hydrogen-bond acceptors (Lipinski definition) is 2. The minimum absolute atomic E-state index is 0.0612. The third-order valence-corrected chi connectivity index (χ3v) is 1.87. The van der Waals surface area contributed by atoms with Crippen molar-refractivity contribution in [3.63, 3.8) is 0 Å². The van der Waals surface area contributed by atoms with Crippen molar-refractivity contribution in [2.24, 2.45) is 5.73 Å². The zero-order valence-corrected chi connectivity index (χ0v) is 6.77. The van der Waals surface area contributed by atoms with E-state index in [1.54, 1.807) is 6.92 Å². The molecular weight excluding hydrogens is 142 g/mol. The molecule has 62 valence electrons. The Morgan fingerprint density at radius 3 is 2.55 bits per heavy atom. The predicted octanol–water partition coefficient (Wildman–Crippen LogP) is 0.421. The minimum Gasteiger partial charge on any atom is -0.323 e. The van der Waals surface area contributed by atoms with Gasteiger partial charge in [-0.05, 0) is 13.3 Å². The van der Waals surface area contributed by atoms with Crippen LogP contribution in [0.15, 0.2) is 4.79 Å². The standard InChI is InChI=1S/C7H13N3O/c1-3-5(8)6-4(2)7(11)10-9-6/h5H,3,8H2,1-2H3,(H2,9,10,11). The van der Waals surface area contributed by atoms with E-state index in [1.165, 1.54) is 0 Å². The number of H-pyrrole nitrogens is 2. The molecule has 4 nitrogen and oxygen atoms in total. The van der Waals surface area contributed by atoms with Gasteiger partial charge in [-0.15, -0.1) is 0 Å². The fraction of sp³-hybridized carbons (Fsp3) is 0.571. The van der Waals surface area contributed by atoms with Crippen LogP contribution in [0, 0.1) is 6.92 Å². The lowest BCUT2D eigenvalue weighted by Gasteiger charge is -2.05. The highest BCUT2D eigenvalue weighted by Crippen LogP contribution is 2.10. The highest BCUT2D eigenvalue weighted by molar-refractivity contribution is 5.17. The molecule has 0 aliphatic carbocycles. The molecule has 1 rings (SSSR count). The summed E-state index contributed by atoms with van der Waals surface area (Å²) in [5, 5.41) is 5.25. The van der Waals surface area contributed by atoms with E-state index in [2.05, 4.69) is 10.2 Å². The van der Waals surface area contributed by atoms with Crippen molar-refractivity contribution in [1.82, 2.24) is 10.2 Å². The molecule has 0 bridgehead atoms. The molecule has 0 saturated heterocycles. The molecule has 1 atom stereocenters. The van der Waals surface area contributed by atoms with Gasteiger partial charge in [0.05, 0.1) is 5.69 Å². The Balaban J connectivity index is 3.04. The molecule has 0 saturated carbocycles. The molecular formula is C7H13N3O. The van der Waals surface area contributed by atoms with Crippen LogP contribution >= 0.6 is 0 Å². The first-order chi connectivity index (χ1) is 5.16. The number of hydrogen-bond donors (Lipinski definition) is 3. The van der Waals surface area contributed by atoms with Crippen molar-refractivity contribution in [3.8, 4) is 0 Å². The highest BCUT2D eigenvalue weighted by atomic mass is 16.1. The molecule has 11 heavy (non-hydrogen) atoms. The van der Waals surface area contributed by atoms with Gasteiger partial charge < -0.3 is 10.8 Å². The fourth-order valence-corrected chi connectivity index (χ4v) is 1.01. The van der Waals surface area contributed by atoms with Crippen molar-refractivity contribution in [2.45, 2.75) is 26.3 Å². The summed E-state index contributed by atoms with van der Waals surface area (Å²) in [6.45, 7) is 3.75. The Hall–Kier alpha value is -1.03. The van der Waals surface area contributed by atoms with Gasteiger partial charge in [0.2, 0.25) is 0 Å². The lowest BCUT2D eigenvalue weighted by molar-refractivity contribution is 0.668. The van der Waals surface area contributed by atoms with Gasteiger partial charge in [-0.1, -0.05) is 6.92 Å². The topological polar surface area (TPSA) is 74.7 Å². The van der Waals surface area contributed by atoms with Gasteiger partial charge in [0.1, 0.15) is 0 Å². The second kappa shape index (κ2) is 2.92. The average molecular weight is 155 g/mol. The van der Waals surface area contributed by atoms with Crippen LogP contribution in [0.25, 0.3) is 0 Å². The van der Waals surface area contributed by atoms with Gasteiger partial charge in [-0.3, -0.25) is 9.89 Å². The molecule has 0 aliphatic heterocycles. The summed E-state index contributed by atoms with van der Waals surface area (Å²) in [4.78, 5) is 10.9. The monoisotopic (exact) mass is 155 g/mol. The maximum absolute atomic E-state index is 10.9. The van der Waals surface area contributed by atoms with Crippen LogP contribution in [0.1, 0.15) is 30.6 Å².